The third-order valence-corrected chi connectivity index (χ3v) is 4.23. The average Bonchev–Trinajstić information content (AvgIpc) is 2.84. The fourth-order valence-corrected chi connectivity index (χ4v) is 2.49. The van der Waals surface area contributed by atoms with Gasteiger partial charge in [0.25, 0.3) is 0 Å². The molecule has 0 aliphatic carbocycles. The lowest BCUT2D eigenvalue weighted by molar-refractivity contribution is -0.139. The molecule has 0 fully saturated rings. The van der Waals surface area contributed by atoms with Gasteiger partial charge >= 0.3 is 11.9 Å². The number of isocyanates is 2. The van der Waals surface area contributed by atoms with E-state index in [1.54, 1.807) is 24.3 Å². The van der Waals surface area contributed by atoms with Crippen LogP contribution < -0.4 is 0 Å². The molecule has 2 aromatic carbocycles. The van der Waals surface area contributed by atoms with Gasteiger partial charge < -0.3 is 20.4 Å². The highest BCUT2D eigenvalue weighted by Gasteiger charge is 1.99. The molecule has 0 atom stereocenters. The van der Waals surface area contributed by atoms with Crippen molar-refractivity contribution < 1.29 is 39.6 Å². The summed E-state index contributed by atoms with van der Waals surface area (Å²) in [4.78, 5) is 47.1. The van der Waals surface area contributed by atoms with Crippen LogP contribution in [0.25, 0.3) is 0 Å². The van der Waals surface area contributed by atoms with Gasteiger partial charge in [-0.15, -0.1) is 0 Å². The molecule has 2 aromatic rings. The molecule has 0 aliphatic rings. The molecule has 0 amide bonds. The highest BCUT2D eigenvalue weighted by molar-refractivity contribution is 5.67. The molecule has 0 bridgehead atoms. The van der Waals surface area contributed by atoms with E-state index in [-0.39, 0.29) is 26.1 Å². The van der Waals surface area contributed by atoms with Crippen LogP contribution in [0.4, 0.5) is 11.4 Å². The molecule has 10 nitrogen and oxygen atoms in total. The molecule has 188 valence electrons. The molecule has 2 rings (SSSR count). The number of nitrogens with zero attached hydrogens (tertiary/aromatic N) is 2. The number of carbonyl (C=O) groups excluding carboxylic acids is 2. The number of carboxylic acid groups (broad SMARTS) is 2. The quantitative estimate of drug-likeness (QED) is 0.200. The summed E-state index contributed by atoms with van der Waals surface area (Å²) < 4.78 is 0. The smallest absolute Gasteiger partial charge is 0.303 e. The lowest BCUT2D eigenvalue weighted by atomic mass is 10.0. The van der Waals surface area contributed by atoms with Crippen molar-refractivity contribution in [1.29, 1.82) is 0 Å². The van der Waals surface area contributed by atoms with Crippen molar-refractivity contribution >= 4 is 35.5 Å². The molecule has 10 heteroatoms. The van der Waals surface area contributed by atoms with Crippen LogP contribution in [0.15, 0.2) is 58.5 Å². The Balaban J connectivity index is 0.000000606. The van der Waals surface area contributed by atoms with Gasteiger partial charge in [0.1, 0.15) is 0 Å². The molecule has 4 N–H and O–H groups in total. The van der Waals surface area contributed by atoms with Gasteiger partial charge in [0, 0.05) is 26.1 Å². The first-order valence-corrected chi connectivity index (χ1v) is 10.8. The van der Waals surface area contributed by atoms with Gasteiger partial charge in [-0.2, -0.15) is 9.98 Å². The second kappa shape index (κ2) is 20.7. The topological polar surface area (TPSA) is 174 Å². The molecule has 0 radical (unpaired) electrons. The molecule has 35 heavy (non-hydrogen) atoms. The molecule has 0 heterocycles. The van der Waals surface area contributed by atoms with E-state index in [1.807, 2.05) is 24.3 Å². The second-order valence-corrected chi connectivity index (χ2v) is 7.06. The van der Waals surface area contributed by atoms with E-state index in [9.17, 15) is 19.2 Å². The molecular weight excluding hydrogens is 456 g/mol. The first-order chi connectivity index (χ1) is 16.9. The zero-order valence-electron chi connectivity index (χ0n) is 19.3. The monoisotopic (exact) mass is 486 g/mol. The molecular formula is C25H30N2O8. The number of hydrogen-bond donors (Lipinski definition) is 4. The Morgan fingerprint density at radius 1 is 0.629 bits per heavy atom. The summed E-state index contributed by atoms with van der Waals surface area (Å²) in [6, 6.07) is 14.7. The zero-order valence-corrected chi connectivity index (χ0v) is 19.3. The summed E-state index contributed by atoms with van der Waals surface area (Å²) in [5.41, 5.74) is 3.40. The maximum Gasteiger partial charge on any atom is 0.303 e. The van der Waals surface area contributed by atoms with E-state index in [2.05, 4.69) is 9.98 Å². The van der Waals surface area contributed by atoms with Crippen molar-refractivity contribution in [1.82, 2.24) is 0 Å². The predicted octanol–water partition coefficient (Wildman–Crippen LogP) is 3.68. The number of hydrogen-bond acceptors (Lipinski definition) is 8. The van der Waals surface area contributed by atoms with Crippen LogP contribution in [-0.2, 0) is 25.6 Å². The molecule has 0 saturated heterocycles. The maximum absolute atomic E-state index is 10.1. The number of carboxylic acids is 2. The Bertz CT molecular complexity index is 882. The van der Waals surface area contributed by atoms with E-state index < -0.39 is 11.9 Å². The standard InChI is InChI=1S/C15H10N2O2.C6H10O4.C4H10O2/c18-10-16-14-5-1-12(2-6-14)9-13-3-7-15(8-4-13)17-11-19;7-5(8)3-1-2-4-6(9)10;5-3-1-2-4-6/h1-8H,9H2;1-4H2,(H,7,8)(H,9,10);5-6H,1-4H2. The maximum atomic E-state index is 10.1. The minimum atomic E-state index is -0.870. The largest absolute Gasteiger partial charge is 0.481 e. The Labute approximate surface area is 203 Å². The summed E-state index contributed by atoms with van der Waals surface area (Å²) in [5, 5.41) is 32.4. The van der Waals surface area contributed by atoms with Gasteiger partial charge in [0.2, 0.25) is 12.2 Å². The lowest BCUT2D eigenvalue weighted by Crippen LogP contribution is -1.97. The highest BCUT2D eigenvalue weighted by Crippen LogP contribution is 2.17. The minimum absolute atomic E-state index is 0.0628. The molecule has 0 aromatic heterocycles. The number of rotatable bonds is 12. The fraction of sp³-hybridized carbons (Fsp3) is 0.360. The third-order valence-electron chi connectivity index (χ3n) is 4.23. The van der Waals surface area contributed by atoms with Crippen LogP contribution in [0, 0.1) is 0 Å². The van der Waals surface area contributed by atoms with E-state index in [0.29, 0.717) is 24.2 Å². The van der Waals surface area contributed by atoms with E-state index in [1.165, 1.54) is 12.2 Å². The van der Waals surface area contributed by atoms with Crippen LogP contribution in [0.3, 0.4) is 0 Å². The third kappa shape index (κ3) is 18.2. The number of aliphatic imine (C=N–C) groups is 2. The highest BCUT2D eigenvalue weighted by atomic mass is 16.4. The number of aliphatic hydroxyl groups is 2. The Hall–Kier alpha value is -3.94. The van der Waals surface area contributed by atoms with Crippen LogP contribution in [0.2, 0.25) is 0 Å². The number of aliphatic hydroxyl groups excluding tert-OH is 2. The SMILES string of the molecule is O=C(O)CCCCC(=O)O.O=C=Nc1ccc(Cc2ccc(N=C=O)cc2)cc1.OCCCCO. The van der Waals surface area contributed by atoms with Crippen molar-refractivity contribution in [2.24, 2.45) is 9.98 Å². The Kier molecular flexibility index (Phi) is 18.3. The summed E-state index contributed by atoms with van der Waals surface area (Å²) >= 11 is 0. The predicted molar refractivity (Wildman–Crippen MR) is 128 cm³/mol. The molecule has 0 unspecified atom stereocenters. The number of aliphatic carboxylic acids is 2. The summed E-state index contributed by atoms with van der Waals surface area (Å²) in [7, 11) is 0. The van der Waals surface area contributed by atoms with Gasteiger partial charge in [-0.25, -0.2) is 9.59 Å². The number of unbranched alkanes of at least 4 members (excludes halogenated alkanes) is 2. The first-order valence-electron chi connectivity index (χ1n) is 10.8. The van der Waals surface area contributed by atoms with Crippen molar-refractivity contribution in [3.8, 4) is 0 Å². The summed E-state index contributed by atoms with van der Waals surface area (Å²) in [6.07, 6.45) is 6.22. The van der Waals surface area contributed by atoms with Gasteiger partial charge in [-0.05, 0) is 67.5 Å². The summed E-state index contributed by atoms with van der Waals surface area (Å²) in [5.74, 6) is -1.74. The normalized spacial score (nSPS) is 9.20. The number of carbonyl (C=O) groups is 2. The van der Waals surface area contributed by atoms with Gasteiger partial charge in [0.15, 0.2) is 0 Å². The van der Waals surface area contributed by atoms with Crippen LogP contribution in [-0.4, -0.2) is 57.7 Å². The van der Waals surface area contributed by atoms with Gasteiger partial charge in [0.05, 0.1) is 11.4 Å². The molecule has 0 spiro atoms. The van der Waals surface area contributed by atoms with Crippen molar-refractivity contribution in [2.75, 3.05) is 13.2 Å². The number of benzene rings is 2. The average molecular weight is 487 g/mol. The second-order valence-electron chi connectivity index (χ2n) is 7.06. The molecule has 0 aliphatic heterocycles. The van der Waals surface area contributed by atoms with Crippen LogP contribution >= 0.6 is 0 Å². The van der Waals surface area contributed by atoms with Gasteiger partial charge in [-0.3, -0.25) is 9.59 Å². The molecule has 0 saturated carbocycles. The minimum Gasteiger partial charge on any atom is -0.481 e. The fourth-order valence-electron chi connectivity index (χ4n) is 2.49. The summed E-state index contributed by atoms with van der Waals surface area (Å²) in [6.45, 7) is 0.390. The van der Waals surface area contributed by atoms with Gasteiger partial charge in [-0.1, -0.05) is 24.3 Å². The van der Waals surface area contributed by atoms with Crippen molar-refractivity contribution in [2.45, 2.75) is 44.9 Å². The van der Waals surface area contributed by atoms with Crippen molar-refractivity contribution in [3.63, 3.8) is 0 Å². The van der Waals surface area contributed by atoms with E-state index >= 15 is 0 Å². The van der Waals surface area contributed by atoms with Crippen LogP contribution in [0.5, 0.6) is 0 Å². The first kappa shape index (κ1) is 31.1. The lowest BCUT2D eigenvalue weighted by Gasteiger charge is -2.02. The zero-order chi connectivity index (χ0) is 26.3. The van der Waals surface area contributed by atoms with Crippen LogP contribution in [0.1, 0.15) is 49.7 Å². The van der Waals surface area contributed by atoms with E-state index in [4.69, 9.17) is 20.4 Å². The Morgan fingerprint density at radius 2 is 0.971 bits per heavy atom. The Morgan fingerprint density at radius 3 is 1.23 bits per heavy atom. The van der Waals surface area contributed by atoms with Crippen molar-refractivity contribution in [3.05, 3.63) is 59.7 Å². The van der Waals surface area contributed by atoms with E-state index in [0.717, 1.165) is 30.4 Å².